The average Bonchev–Trinajstić information content (AvgIpc) is 3.31. The first kappa shape index (κ1) is 17.2. The van der Waals surface area contributed by atoms with Crippen LogP contribution >= 0.6 is 0 Å². The summed E-state index contributed by atoms with van der Waals surface area (Å²) in [6.45, 7) is 2.50. The van der Waals surface area contributed by atoms with E-state index in [1.165, 1.54) is 0 Å². The third kappa shape index (κ3) is 3.28. The maximum absolute atomic E-state index is 12.9. The maximum atomic E-state index is 12.9. The smallest absolute Gasteiger partial charge is 0.254 e. The number of anilines is 1. The zero-order valence-electron chi connectivity index (χ0n) is 14.9. The predicted octanol–water partition coefficient (Wildman–Crippen LogP) is 2.67. The van der Waals surface area contributed by atoms with Crippen molar-refractivity contribution in [2.45, 2.75) is 25.8 Å². The SMILES string of the molecule is Cc1ccc(NC(=O)C2CCCN2C(=O)c2ccc3c(c2)OCO3)c(O)c1. The predicted molar refractivity (Wildman–Crippen MR) is 98.1 cm³/mol. The summed E-state index contributed by atoms with van der Waals surface area (Å²) in [5.74, 6) is 0.623. The van der Waals surface area contributed by atoms with Crippen LogP contribution in [0.1, 0.15) is 28.8 Å². The molecule has 2 heterocycles. The van der Waals surface area contributed by atoms with E-state index in [9.17, 15) is 14.7 Å². The summed E-state index contributed by atoms with van der Waals surface area (Å²) in [5.41, 5.74) is 1.69. The Bertz CT molecular complexity index is 911. The number of phenols is 1. The van der Waals surface area contributed by atoms with Crippen molar-refractivity contribution in [3.63, 3.8) is 0 Å². The van der Waals surface area contributed by atoms with Gasteiger partial charge in [0, 0.05) is 12.1 Å². The number of amides is 2. The number of hydrogen-bond donors (Lipinski definition) is 2. The van der Waals surface area contributed by atoms with Crippen LogP contribution in [-0.2, 0) is 4.79 Å². The molecule has 2 aliphatic heterocycles. The van der Waals surface area contributed by atoms with Gasteiger partial charge in [-0.1, -0.05) is 6.07 Å². The molecule has 2 N–H and O–H groups in total. The fourth-order valence-electron chi connectivity index (χ4n) is 3.44. The highest BCUT2D eigenvalue weighted by Gasteiger charge is 2.35. The molecular weight excluding hydrogens is 348 g/mol. The van der Waals surface area contributed by atoms with Crippen LogP contribution < -0.4 is 14.8 Å². The van der Waals surface area contributed by atoms with Gasteiger partial charge in [0.1, 0.15) is 11.8 Å². The summed E-state index contributed by atoms with van der Waals surface area (Å²) >= 11 is 0. The summed E-state index contributed by atoms with van der Waals surface area (Å²) in [7, 11) is 0. The fraction of sp³-hybridized carbons (Fsp3) is 0.300. The zero-order valence-corrected chi connectivity index (χ0v) is 14.9. The Hall–Kier alpha value is -3.22. The van der Waals surface area contributed by atoms with Crippen LogP contribution in [0.25, 0.3) is 0 Å². The second-order valence-corrected chi connectivity index (χ2v) is 6.73. The van der Waals surface area contributed by atoms with Crippen LogP contribution in [0.5, 0.6) is 17.2 Å². The molecule has 140 valence electrons. The third-order valence-electron chi connectivity index (χ3n) is 4.85. The molecule has 7 heteroatoms. The molecule has 1 saturated heterocycles. The Morgan fingerprint density at radius 3 is 2.78 bits per heavy atom. The van der Waals surface area contributed by atoms with Gasteiger partial charge in [-0.2, -0.15) is 0 Å². The van der Waals surface area contributed by atoms with E-state index in [-0.39, 0.29) is 24.4 Å². The van der Waals surface area contributed by atoms with Crippen LogP contribution in [0.2, 0.25) is 0 Å². The van der Waals surface area contributed by atoms with Crippen LogP contribution in [-0.4, -0.2) is 41.2 Å². The lowest BCUT2D eigenvalue weighted by Gasteiger charge is -2.24. The van der Waals surface area contributed by atoms with Gasteiger partial charge in [0.05, 0.1) is 5.69 Å². The van der Waals surface area contributed by atoms with E-state index < -0.39 is 6.04 Å². The highest BCUT2D eigenvalue weighted by atomic mass is 16.7. The highest BCUT2D eigenvalue weighted by Crippen LogP contribution is 2.33. The Morgan fingerprint density at radius 1 is 1.15 bits per heavy atom. The number of nitrogens with one attached hydrogen (secondary N) is 1. The molecule has 0 aromatic heterocycles. The number of likely N-dealkylation sites (tertiary alicyclic amines) is 1. The van der Waals surface area contributed by atoms with Gasteiger partial charge in [0.2, 0.25) is 12.7 Å². The van der Waals surface area contributed by atoms with Crippen molar-refractivity contribution in [3.05, 3.63) is 47.5 Å². The van der Waals surface area contributed by atoms with Crippen molar-refractivity contribution >= 4 is 17.5 Å². The molecule has 7 nitrogen and oxygen atoms in total. The Kier molecular flexibility index (Phi) is 4.35. The normalized spacial score (nSPS) is 17.8. The van der Waals surface area contributed by atoms with Crippen LogP contribution in [0.4, 0.5) is 5.69 Å². The average molecular weight is 368 g/mol. The van der Waals surface area contributed by atoms with Gasteiger partial charge in [-0.25, -0.2) is 0 Å². The standard InChI is InChI=1S/C20H20N2O5/c1-12-4-6-14(16(23)9-12)21-19(24)15-3-2-8-22(15)20(25)13-5-7-17-18(10-13)27-11-26-17/h4-7,9-10,15,23H,2-3,8,11H2,1H3,(H,21,24). The fourth-order valence-corrected chi connectivity index (χ4v) is 3.44. The van der Waals surface area contributed by atoms with Gasteiger partial charge in [-0.05, 0) is 55.7 Å². The van der Waals surface area contributed by atoms with Gasteiger partial charge in [-0.3, -0.25) is 9.59 Å². The number of rotatable bonds is 3. The second-order valence-electron chi connectivity index (χ2n) is 6.73. The van der Waals surface area contributed by atoms with E-state index in [1.807, 2.05) is 6.92 Å². The number of nitrogens with zero attached hydrogens (tertiary/aromatic N) is 1. The molecular formula is C20H20N2O5. The molecule has 2 amide bonds. The zero-order chi connectivity index (χ0) is 19.0. The molecule has 1 unspecified atom stereocenters. The molecule has 2 aromatic rings. The molecule has 0 aliphatic carbocycles. The molecule has 1 fully saturated rings. The lowest BCUT2D eigenvalue weighted by molar-refractivity contribution is -0.119. The van der Waals surface area contributed by atoms with Crippen LogP contribution in [0, 0.1) is 6.92 Å². The van der Waals surface area contributed by atoms with E-state index in [4.69, 9.17) is 9.47 Å². The Labute approximate surface area is 156 Å². The number of ether oxygens (including phenoxy) is 2. The monoisotopic (exact) mass is 368 g/mol. The quantitative estimate of drug-likeness (QED) is 0.814. The lowest BCUT2D eigenvalue weighted by Crippen LogP contribution is -2.43. The largest absolute Gasteiger partial charge is 0.506 e. The molecule has 27 heavy (non-hydrogen) atoms. The Morgan fingerprint density at radius 2 is 1.96 bits per heavy atom. The summed E-state index contributed by atoms with van der Waals surface area (Å²) in [5, 5.41) is 12.7. The third-order valence-corrected chi connectivity index (χ3v) is 4.85. The minimum Gasteiger partial charge on any atom is -0.506 e. The van der Waals surface area contributed by atoms with Crippen molar-refractivity contribution in [2.24, 2.45) is 0 Å². The summed E-state index contributed by atoms with van der Waals surface area (Å²) in [4.78, 5) is 27.2. The van der Waals surface area contributed by atoms with Crippen LogP contribution in [0.3, 0.4) is 0 Å². The van der Waals surface area contributed by atoms with E-state index in [2.05, 4.69) is 5.32 Å². The van der Waals surface area contributed by atoms with Crippen molar-refractivity contribution in [1.82, 2.24) is 4.90 Å². The number of carbonyl (C=O) groups excluding carboxylic acids is 2. The van der Waals surface area contributed by atoms with Crippen LogP contribution in [0.15, 0.2) is 36.4 Å². The number of benzene rings is 2. The van der Waals surface area contributed by atoms with Gasteiger partial charge < -0.3 is 24.8 Å². The molecule has 1 atom stereocenters. The van der Waals surface area contributed by atoms with Crippen molar-refractivity contribution in [3.8, 4) is 17.2 Å². The number of hydrogen-bond acceptors (Lipinski definition) is 5. The van der Waals surface area contributed by atoms with E-state index in [0.29, 0.717) is 35.7 Å². The number of carbonyl (C=O) groups is 2. The van der Waals surface area contributed by atoms with E-state index in [0.717, 1.165) is 12.0 Å². The van der Waals surface area contributed by atoms with Crippen molar-refractivity contribution < 1.29 is 24.2 Å². The van der Waals surface area contributed by atoms with E-state index in [1.54, 1.807) is 41.3 Å². The van der Waals surface area contributed by atoms with Gasteiger partial charge in [0.15, 0.2) is 11.5 Å². The first-order valence-corrected chi connectivity index (χ1v) is 8.84. The lowest BCUT2D eigenvalue weighted by atomic mass is 10.1. The minimum absolute atomic E-state index is 0.00925. The van der Waals surface area contributed by atoms with Gasteiger partial charge in [-0.15, -0.1) is 0 Å². The molecule has 2 aliphatic rings. The molecule has 2 aromatic carbocycles. The molecule has 0 spiro atoms. The van der Waals surface area contributed by atoms with Crippen molar-refractivity contribution in [1.29, 1.82) is 0 Å². The highest BCUT2D eigenvalue weighted by molar-refractivity contribution is 6.02. The first-order valence-electron chi connectivity index (χ1n) is 8.84. The topological polar surface area (TPSA) is 88.1 Å². The molecule has 4 rings (SSSR count). The number of phenolic OH excluding ortho intramolecular Hbond substituents is 1. The summed E-state index contributed by atoms with van der Waals surface area (Å²) < 4.78 is 10.6. The summed E-state index contributed by atoms with van der Waals surface area (Å²) in [6.07, 6.45) is 1.32. The minimum atomic E-state index is -0.580. The maximum Gasteiger partial charge on any atom is 0.254 e. The second kappa shape index (κ2) is 6.83. The number of aromatic hydroxyl groups is 1. The number of fused-ring (bicyclic) bond motifs is 1. The molecule has 0 bridgehead atoms. The molecule has 0 radical (unpaired) electrons. The van der Waals surface area contributed by atoms with Gasteiger partial charge >= 0.3 is 0 Å². The Balaban J connectivity index is 1.51. The van der Waals surface area contributed by atoms with Crippen molar-refractivity contribution in [2.75, 3.05) is 18.7 Å². The van der Waals surface area contributed by atoms with Gasteiger partial charge in [0.25, 0.3) is 5.91 Å². The van der Waals surface area contributed by atoms with E-state index >= 15 is 0 Å². The number of aryl methyl sites for hydroxylation is 1. The first-order chi connectivity index (χ1) is 13.0. The summed E-state index contributed by atoms with van der Waals surface area (Å²) in [6, 6.07) is 9.48. The molecule has 0 saturated carbocycles.